The summed E-state index contributed by atoms with van der Waals surface area (Å²) in [5.74, 6) is 0.385. The Morgan fingerprint density at radius 2 is 1.10 bits per heavy atom. The standard InChI is InChI=1S/C49H38N2/c1-30(2)33-18-17-32(4)49(29-33)50(46-14-8-5-11-31(46)3)38-21-19-34-25-42-43-26-35-20-22-39(24-37(35)28-45(43)44(42)27-36(34)23-38)51-47-15-9-6-12-40(47)41-13-7-10-16-48(41)51/h5-30H,1-4H3/i6D,7D,9D,10D,12D,13D,15D,16D. The molecule has 8 aromatic carbocycles. The molecule has 0 fully saturated rings. The summed E-state index contributed by atoms with van der Waals surface area (Å²) in [7, 11) is 0. The zero-order valence-electron chi connectivity index (χ0n) is 36.8. The van der Waals surface area contributed by atoms with E-state index in [1.54, 1.807) is 4.57 Å². The summed E-state index contributed by atoms with van der Waals surface area (Å²) in [5, 5.41) is 4.27. The van der Waals surface area contributed by atoms with E-state index in [9.17, 15) is 0 Å². The molecule has 9 aromatic rings. The average molecular weight is 663 g/mol. The predicted molar refractivity (Wildman–Crippen MR) is 218 cm³/mol. The number of fused-ring (bicyclic) bond motifs is 9. The number of rotatable bonds is 5. The van der Waals surface area contributed by atoms with Gasteiger partial charge in [0.05, 0.1) is 22.0 Å². The second-order valence-electron chi connectivity index (χ2n) is 14.0. The van der Waals surface area contributed by atoms with Crippen LogP contribution >= 0.6 is 0 Å². The van der Waals surface area contributed by atoms with Crippen LogP contribution in [0.4, 0.5) is 17.1 Å². The van der Waals surface area contributed by atoms with E-state index in [0.717, 1.165) is 55.3 Å². The Balaban J connectivity index is 1.13. The SMILES string of the molecule is [2H]c1c([2H])c([2H])c2c(c1[2H])c1c([2H])c([2H])c([2H])c([2H])c1n2-c1ccc2cc3c(cc2c1)-c1cc2cc(N(c4ccccc4C)c4cc(C(C)C)ccc4C)ccc2cc1-3. The molecule has 0 saturated carbocycles. The van der Waals surface area contributed by atoms with Gasteiger partial charge in [-0.3, -0.25) is 0 Å². The van der Waals surface area contributed by atoms with Crippen molar-refractivity contribution < 1.29 is 11.0 Å². The van der Waals surface area contributed by atoms with Crippen LogP contribution in [0.5, 0.6) is 0 Å². The van der Waals surface area contributed by atoms with E-state index in [1.165, 1.54) is 22.3 Å². The minimum absolute atomic E-state index is 0.0687. The van der Waals surface area contributed by atoms with E-state index < -0.39 is 24.2 Å². The van der Waals surface area contributed by atoms with Crippen molar-refractivity contribution in [1.82, 2.24) is 4.57 Å². The van der Waals surface area contributed by atoms with Crippen LogP contribution in [-0.4, -0.2) is 4.57 Å². The summed E-state index contributed by atoms with van der Waals surface area (Å²) in [6.07, 6.45) is 0. The fraction of sp³-hybridized carbons (Fsp3) is 0.102. The van der Waals surface area contributed by atoms with E-state index >= 15 is 0 Å². The molecular weight excluding hydrogens is 617 g/mol. The molecule has 1 heterocycles. The molecule has 51 heavy (non-hydrogen) atoms. The normalized spacial score (nSPS) is 14.3. The summed E-state index contributed by atoms with van der Waals surface area (Å²) < 4.78 is 70.8. The summed E-state index contributed by atoms with van der Waals surface area (Å²) in [6.45, 7) is 8.76. The molecule has 0 unspecified atom stereocenters. The van der Waals surface area contributed by atoms with Crippen molar-refractivity contribution >= 4 is 60.4 Å². The van der Waals surface area contributed by atoms with Gasteiger partial charge < -0.3 is 9.47 Å². The number of nitrogens with zero attached hydrogens (tertiary/aromatic N) is 2. The molecule has 0 saturated heterocycles. The molecule has 2 heteroatoms. The Hall–Kier alpha value is -6.12. The molecule has 0 N–H and O–H groups in total. The molecule has 2 nitrogen and oxygen atoms in total. The second-order valence-corrected chi connectivity index (χ2v) is 14.0. The predicted octanol–water partition coefficient (Wildman–Crippen LogP) is 13.9. The van der Waals surface area contributed by atoms with Gasteiger partial charge in [-0.2, -0.15) is 0 Å². The lowest BCUT2D eigenvalue weighted by Gasteiger charge is -2.30. The van der Waals surface area contributed by atoms with Crippen molar-refractivity contribution in [2.75, 3.05) is 4.90 Å². The van der Waals surface area contributed by atoms with Crippen LogP contribution in [0.25, 0.3) is 71.3 Å². The highest BCUT2D eigenvalue weighted by atomic mass is 15.1. The van der Waals surface area contributed by atoms with Crippen molar-refractivity contribution in [3.05, 3.63) is 168 Å². The number of hydrogen-bond acceptors (Lipinski definition) is 1. The Bertz CT molecular complexity index is 3250. The van der Waals surface area contributed by atoms with E-state index in [2.05, 4.69) is 118 Å². The van der Waals surface area contributed by atoms with Crippen molar-refractivity contribution in [2.45, 2.75) is 33.6 Å². The van der Waals surface area contributed by atoms with Gasteiger partial charge in [-0.05, 0) is 153 Å². The first-order valence-corrected chi connectivity index (χ1v) is 17.4. The highest BCUT2D eigenvalue weighted by Gasteiger charge is 2.25. The van der Waals surface area contributed by atoms with Gasteiger partial charge in [-0.15, -0.1) is 0 Å². The molecule has 10 rings (SSSR count). The van der Waals surface area contributed by atoms with Crippen molar-refractivity contribution in [2.24, 2.45) is 0 Å². The first-order chi connectivity index (χ1) is 28.2. The Morgan fingerprint density at radius 3 is 1.75 bits per heavy atom. The quantitative estimate of drug-likeness (QED) is 0.178. The van der Waals surface area contributed by atoms with Crippen LogP contribution in [0.2, 0.25) is 0 Å². The highest BCUT2D eigenvalue weighted by Crippen LogP contribution is 2.51. The van der Waals surface area contributed by atoms with E-state index in [-0.39, 0.29) is 46.0 Å². The van der Waals surface area contributed by atoms with Crippen LogP contribution in [0.1, 0.15) is 47.4 Å². The maximum absolute atomic E-state index is 8.93. The van der Waals surface area contributed by atoms with E-state index in [1.807, 2.05) is 18.2 Å². The molecule has 1 aromatic heterocycles. The first-order valence-electron chi connectivity index (χ1n) is 21.4. The number of benzene rings is 8. The van der Waals surface area contributed by atoms with Gasteiger partial charge in [-0.1, -0.05) is 92.6 Å². The molecule has 0 atom stereocenters. The third-order valence-corrected chi connectivity index (χ3v) is 10.5. The fourth-order valence-electron chi connectivity index (χ4n) is 7.80. The molecule has 0 radical (unpaired) electrons. The van der Waals surface area contributed by atoms with Crippen LogP contribution in [-0.2, 0) is 0 Å². The largest absolute Gasteiger partial charge is 0.310 e. The van der Waals surface area contributed by atoms with Gasteiger partial charge in [0.15, 0.2) is 0 Å². The lowest BCUT2D eigenvalue weighted by atomic mass is 9.78. The third kappa shape index (κ3) is 4.56. The third-order valence-electron chi connectivity index (χ3n) is 10.5. The topological polar surface area (TPSA) is 8.17 Å². The van der Waals surface area contributed by atoms with Gasteiger partial charge >= 0.3 is 0 Å². The highest BCUT2D eigenvalue weighted by molar-refractivity contribution is 6.13. The Labute approximate surface area is 310 Å². The van der Waals surface area contributed by atoms with Gasteiger partial charge in [0.25, 0.3) is 0 Å². The van der Waals surface area contributed by atoms with Crippen molar-refractivity contribution in [1.29, 1.82) is 0 Å². The average Bonchev–Trinajstić information content (AvgIpc) is 3.60. The molecule has 1 aliphatic rings. The van der Waals surface area contributed by atoms with Crippen LogP contribution < -0.4 is 4.90 Å². The molecule has 0 bridgehead atoms. The Kier molecular flexibility index (Phi) is 4.96. The monoisotopic (exact) mass is 662 g/mol. The van der Waals surface area contributed by atoms with Gasteiger partial charge in [-0.25, -0.2) is 0 Å². The summed E-state index contributed by atoms with van der Waals surface area (Å²) in [5.41, 5.74) is 12.3. The minimum Gasteiger partial charge on any atom is -0.310 e. The summed E-state index contributed by atoms with van der Waals surface area (Å²) >= 11 is 0. The van der Waals surface area contributed by atoms with Crippen molar-refractivity contribution in [3.8, 4) is 27.9 Å². The molecule has 0 amide bonds. The molecule has 0 spiro atoms. The zero-order valence-corrected chi connectivity index (χ0v) is 28.8. The molecule has 0 aliphatic heterocycles. The molecule has 1 aliphatic carbocycles. The number of aromatic nitrogens is 1. The number of aryl methyl sites for hydroxylation is 2. The molecular formula is C49H38N2. The number of hydrogen-bond donors (Lipinski definition) is 0. The Morgan fingerprint density at radius 1 is 0.529 bits per heavy atom. The smallest absolute Gasteiger partial charge is 0.0645 e. The maximum Gasteiger partial charge on any atom is 0.0645 e. The molecule has 244 valence electrons. The second kappa shape index (κ2) is 11.2. The van der Waals surface area contributed by atoms with E-state index in [4.69, 9.17) is 11.0 Å². The first kappa shape index (κ1) is 22.6. The number of anilines is 3. The minimum atomic E-state index is -0.455. The van der Waals surface area contributed by atoms with Crippen LogP contribution in [0.3, 0.4) is 0 Å². The number of para-hydroxylation sites is 3. The lowest BCUT2D eigenvalue weighted by Crippen LogP contribution is -2.13. The van der Waals surface area contributed by atoms with Crippen LogP contribution in [0.15, 0.2) is 151 Å². The van der Waals surface area contributed by atoms with Gasteiger partial charge in [0.2, 0.25) is 0 Å². The zero-order chi connectivity index (χ0) is 41.3. The van der Waals surface area contributed by atoms with Crippen LogP contribution in [0, 0.1) is 13.8 Å². The summed E-state index contributed by atoms with van der Waals surface area (Å²) in [4.78, 5) is 2.37. The lowest BCUT2D eigenvalue weighted by molar-refractivity contribution is 0.865. The van der Waals surface area contributed by atoms with E-state index in [0.29, 0.717) is 11.6 Å². The van der Waals surface area contributed by atoms with Gasteiger partial charge in [0, 0.05) is 33.5 Å². The van der Waals surface area contributed by atoms with Crippen molar-refractivity contribution in [3.63, 3.8) is 0 Å². The fourth-order valence-corrected chi connectivity index (χ4v) is 7.80. The maximum atomic E-state index is 8.93. The van der Waals surface area contributed by atoms with Gasteiger partial charge in [0.1, 0.15) is 0 Å². The summed E-state index contributed by atoms with van der Waals surface area (Å²) in [6, 6.07) is 33.4.